The van der Waals surface area contributed by atoms with Crippen LogP contribution in [0.1, 0.15) is 23.2 Å². The van der Waals surface area contributed by atoms with Gasteiger partial charge in [-0.05, 0) is 6.07 Å². The fraction of sp³-hybridized carbons (Fsp3) is 0.333. The molecule has 4 nitrogen and oxygen atoms in total. The molecule has 0 aliphatic rings. The van der Waals surface area contributed by atoms with E-state index in [0.29, 0.717) is 6.07 Å². The van der Waals surface area contributed by atoms with Gasteiger partial charge in [0.2, 0.25) is 5.88 Å². The van der Waals surface area contributed by atoms with Crippen molar-refractivity contribution in [3.05, 3.63) is 22.9 Å². The zero-order valence-corrected chi connectivity index (χ0v) is 8.63. The van der Waals surface area contributed by atoms with Gasteiger partial charge in [0.25, 0.3) is 6.43 Å². The van der Waals surface area contributed by atoms with Crippen LogP contribution >= 0.6 is 0 Å². The zero-order valence-electron chi connectivity index (χ0n) is 8.63. The maximum Gasteiger partial charge on any atom is 0.574 e. The van der Waals surface area contributed by atoms with Crippen molar-refractivity contribution in [2.24, 2.45) is 5.73 Å². The number of rotatable bonds is 3. The molecule has 0 aromatic carbocycles. The zero-order chi connectivity index (χ0) is 13.9. The van der Waals surface area contributed by atoms with E-state index in [9.17, 15) is 22.0 Å². The van der Waals surface area contributed by atoms with Gasteiger partial charge in [-0.1, -0.05) is 0 Å². The predicted octanol–water partition coefficient (Wildman–Crippen LogP) is 2.25. The number of aromatic nitrogens is 1. The number of nitrogens with zero attached hydrogens (tertiary/aromatic N) is 2. The molecule has 0 saturated carbocycles. The highest BCUT2D eigenvalue weighted by Gasteiger charge is 2.33. The summed E-state index contributed by atoms with van der Waals surface area (Å²) in [5.41, 5.74) is 3.21. The smallest absolute Gasteiger partial charge is 0.386 e. The van der Waals surface area contributed by atoms with E-state index < -0.39 is 42.0 Å². The number of halogens is 5. The van der Waals surface area contributed by atoms with Crippen molar-refractivity contribution in [1.29, 1.82) is 5.26 Å². The van der Waals surface area contributed by atoms with Crippen LogP contribution in [0.5, 0.6) is 5.88 Å². The number of nitrogens with two attached hydrogens (primary N) is 1. The van der Waals surface area contributed by atoms with E-state index in [1.807, 2.05) is 0 Å². The quantitative estimate of drug-likeness (QED) is 0.852. The molecule has 9 heteroatoms. The molecule has 0 radical (unpaired) electrons. The Hall–Kier alpha value is -1.95. The lowest BCUT2D eigenvalue weighted by Gasteiger charge is -2.12. The molecular weight excluding hydrogens is 261 g/mol. The number of nitriles is 1. The standard InChI is InChI=1S/C9H6F5N3O/c10-7(11)5-1-4(2-15)8(17-6(5)3-16)18-9(12,13)14/h1,7H,3,16H2. The highest BCUT2D eigenvalue weighted by molar-refractivity contribution is 5.43. The second kappa shape index (κ2) is 5.14. The summed E-state index contributed by atoms with van der Waals surface area (Å²) >= 11 is 0. The Balaban J connectivity index is 3.32. The summed E-state index contributed by atoms with van der Waals surface area (Å²) in [6.07, 6.45) is -8.07. The van der Waals surface area contributed by atoms with E-state index in [4.69, 9.17) is 11.0 Å². The fourth-order valence-electron chi connectivity index (χ4n) is 1.17. The molecule has 0 aliphatic carbocycles. The monoisotopic (exact) mass is 267 g/mol. The lowest BCUT2D eigenvalue weighted by molar-refractivity contribution is -0.276. The summed E-state index contributed by atoms with van der Waals surface area (Å²) in [4.78, 5) is 3.20. The number of alkyl halides is 5. The van der Waals surface area contributed by atoms with Gasteiger partial charge in [-0.15, -0.1) is 13.2 Å². The molecule has 0 amide bonds. The lowest BCUT2D eigenvalue weighted by Crippen LogP contribution is -2.20. The van der Waals surface area contributed by atoms with Crippen LogP contribution in [-0.4, -0.2) is 11.3 Å². The molecule has 1 aromatic heterocycles. The third-order valence-electron chi connectivity index (χ3n) is 1.86. The van der Waals surface area contributed by atoms with Crippen LogP contribution in [0.4, 0.5) is 22.0 Å². The first-order valence-corrected chi connectivity index (χ1v) is 4.46. The Labute approximate surface area is 97.8 Å². The molecule has 0 unspecified atom stereocenters. The maximum atomic E-state index is 12.5. The molecular formula is C9H6F5N3O. The Morgan fingerprint density at radius 3 is 2.44 bits per heavy atom. The van der Waals surface area contributed by atoms with Crippen molar-refractivity contribution >= 4 is 0 Å². The first kappa shape index (κ1) is 14.1. The van der Waals surface area contributed by atoms with Crippen molar-refractivity contribution in [3.8, 4) is 11.9 Å². The molecule has 0 saturated heterocycles. The van der Waals surface area contributed by atoms with Gasteiger partial charge in [0.1, 0.15) is 11.6 Å². The van der Waals surface area contributed by atoms with Crippen molar-refractivity contribution in [2.45, 2.75) is 19.3 Å². The summed E-state index contributed by atoms with van der Waals surface area (Å²) in [6, 6.07) is 1.89. The van der Waals surface area contributed by atoms with Gasteiger partial charge in [0.15, 0.2) is 0 Å². The van der Waals surface area contributed by atoms with E-state index in [0.717, 1.165) is 0 Å². The second-order valence-corrected chi connectivity index (χ2v) is 3.04. The van der Waals surface area contributed by atoms with Crippen LogP contribution in [0.2, 0.25) is 0 Å². The summed E-state index contributed by atoms with van der Waals surface area (Å²) < 4.78 is 64.5. The van der Waals surface area contributed by atoms with Crippen LogP contribution in [0.15, 0.2) is 6.07 Å². The summed E-state index contributed by atoms with van der Waals surface area (Å²) in [5, 5.41) is 8.57. The van der Waals surface area contributed by atoms with Crippen molar-refractivity contribution in [2.75, 3.05) is 0 Å². The number of ether oxygens (including phenoxy) is 1. The molecule has 0 atom stereocenters. The Bertz CT molecular complexity index is 480. The minimum absolute atomic E-state index is 0.455. The van der Waals surface area contributed by atoms with Gasteiger partial charge < -0.3 is 10.5 Å². The normalized spacial score (nSPS) is 11.4. The SMILES string of the molecule is N#Cc1cc(C(F)F)c(CN)nc1OC(F)(F)F. The molecule has 18 heavy (non-hydrogen) atoms. The largest absolute Gasteiger partial charge is 0.574 e. The second-order valence-electron chi connectivity index (χ2n) is 3.04. The first-order chi connectivity index (χ1) is 8.28. The Morgan fingerprint density at radius 1 is 1.44 bits per heavy atom. The van der Waals surface area contributed by atoms with Gasteiger partial charge in [0, 0.05) is 12.1 Å². The van der Waals surface area contributed by atoms with Crippen LogP contribution in [0.3, 0.4) is 0 Å². The average Bonchev–Trinajstić information content (AvgIpc) is 2.25. The Morgan fingerprint density at radius 2 is 2.06 bits per heavy atom. The summed E-state index contributed by atoms with van der Waals surface area (Å²) in [6.45, 7) is -0.500. The minimum atomic E-state index is -5.07. The fourth-order valence-corrected chi connectivity index (χ4v) is 1.17. The highest BCUT2D eigenvalue weighted by Crippen LogP contribution is 2.29. The molecule has 1 rings (SSSR count). The molecule has 98 valence electrons. The van der Waals surface area contributed by atoms with Crippen LogP contribution in [-0.2, 0) is 6.54 Å². The van der Waals surface area contributed by atoms with Gasteiger partial charge in [0.05, 0.1) is 5.69 Å². The third kappa shape index (κ3) is 3.27. The lowest BCUT2D eigenvalue weighted by atomic mass is 10.1. The molecule has 0 spiro atoms. The van der Waals surface area contributed by atoms with Crippen LogP contribution < -0.4 is 10.5 Å². The van der Waals surface area contributed by atoms with Crippen LogP contribution in [0.25, 0.3) is 0 Å². The summed E-state index contributed by atoms with van der Waals surface area (Å²) in [5.74, 6) is -1.09. The molecule has 1 heterocycles. The number of pyridine rings is 1. The molecule has 1 aromatic rings. The molecule has 0 aliphatic heterocycles. The molecule has 0 bridgehead atoms. The van der Waals surface area contributed by atoms with Gasteiger partial charge >= 0.3 is 6.36 Å². The molecule has 0 fully saturated rings. The summed E-state index contributed by atoms with van der Waals surface area (Å²) in [7, 11) is 0. The number of hydrogen-bond donors (Lipinski definition) is 1. The van der Waals surface area contributed by atoms with Crippen LogP contribution in [0, 0.1) is 11.3 Å². The van der Waals surface area contributed by atoms with E-state index in [1.165, 1.54) is 6.07 Å². The van der Waals surface area contributed by atoms with Gasteiger partial charge in [-0.2, -0.15) is 5.26 Å². The third-order valence-corrected chi connectivity index (χ3v) is 1.86. The predicted molar refractivity (Wildman–Crippen MR) is 48.5 cm³/mol. The Kier molecular flexibility index (Phi) is 4.03. The van der Waals surface area contributed by atoms with Crippen molar-refractivity contribution in [3.63, 3.8) is 0 Å². The van der Waals surface area contributed by atoms with E-state index in [2.05, 4.69) is 9.72 Å². The maximum absolute atomic E-state index is 12.5. The number of hydrogen-bond acceptors (Lipinski definition) is 4. The van der Waals surface area contributed by atoms with E-state index in [-0.39, 0.29) is 0 Å². The van der Waals surface area contributed by atoms with E-state index in [1.54, 1.807) is 0 Å². The average molecular weight is 267 g/mol. The van der Waals surface area contributed by atoms with Gasteiger partial charge in [-0.25, -0.2) is 13.8 Å². The molecule has 2 N–H and O–H groups in total. The van der Waals surface area contributed by atoms with Crippen molar-refractivity contribution < 1.29 is 26.7 Å². The highest BCUT2D eigenvalue weighted by atomic mass is 19.4. The topological polar surface area (TPSA) is 71.9 Å². The van der Waals surface area contributed by atoms with Gasteiger partial charge in [-0.3, -0.25) is 0 Å². The van der Waals surface area contributed by atoms with Crippen molar-refractivity contribution in [1.82, 2.24) is 4.98 Å². The van der Waals surface area contributed by atoms with E-state index >= 15 is 0 Å². The first-order valence-electron chi connectivity index (χ1n) is 4.46. The minimum Gasteiger partial charge on any atom is -0.386 e.